The van der Waals surface area contributed by atoms with Gasteiger partial charge in [-0.15, -0.1) is 0 Å². The van der Waals surface area contributed by atoms with Crippen LogP contribution in [0.15, 0.2) is 6.07 Å². The molecule has 88 valence electrons. The van der Waals surface area contributed by atoms with Gasteiger partial charge < -0.3 is 5.73 Å². The topological polar surface area (TPSA) is 55.0 Å². The summed E-state index contributed by atoms with van der Waals surface area (Å²) in [5, 5.41) is 0.524. The van der Waals surface area contributed by atoms with Crippen LogP contribution in [0.1, 0.15) is 24.4 Å². The third-order valence-electron chi connectivity index (χ3n) is 2.87. The maximum atomic E-state index is 5.90. The van der Waals surface area contributed by atoms with E-state index in [0.717, 1.165) is 44.0 Å². The van der Waals surface area contributed by atoms with Crippen molar-refractivity contribution in [1.82, 2.24) is 14.9 Å². The van der Waals surface area contributed by atoms with Crippen LogP contribution in [-0.2, 0) is 6.54 Å². The van der Waals surface area contributed by atoms with Crippen molar-refractivity contribution in [3.05, 3.63) is 22.7 Å². The van der Waals surface area contributed by atoms with Crippen LogP contribution in [0, 0.1) is 6.92 Å². The maximum absolute atomic E-state index is 5.90. The molecule has 2 N–H and O–H groups in total. The van der Waals surface area contributed by atoms with Gasteiger partial charge in [0, 0.05) is 24.8 Å². The molecule has 1 fully saturated rings. The van der Waals surface area contributed by atoms with Gasteiger partial charge in [0.2, 0.25) is 0 Å². The Morgan fingerprint density at radius 2 is 2.12 bits per heavy atom. The van der Waals surface area contributed by atoms with Gasteiger partial charge in [-0.05, 0) is 25.8 Å². The van der Waals surface area contributed by atoms with Crippen molar-refractivity contribution in [2.24, 2.45) is 5.73 Å². The lowest BCUT2D eigenvalue weighted by Gasteiger charge is -2.29. The van der Waals surface area contributed by atoms with Crippen LogP contribution in [0.25, 0.3) is 0 Å². The second-order valence-corrected chi connectivity index (χ2v) is 4.75. The molecule has 16 heavy (non-hydrogen) atoms. The van der Waals surface area contributed by atoms with Crippen LogP contribution < -0.4 is 5.73 Å². The van der Waals surface area contributed by atoms with Crippen molar-refractivity contribution >= 4 is 11.6 Å². The van der Waals surface area contributed by atoms with Gasteiger partial charge in [0.15, 0.2) is 0 Å². The normalized spacial score (nSPS) is 18.9. The van der Waals surface area contributed by atoms with Gasteiger partial charge in [-0.2, -0.15) is 0 Å². The monoisotopic (exact) mass is 240 g/mol. The highest BCUT2D eigenvalue weighted by atomic mass is 35.5. The molecule has 1 saturated heterocycles. The molecule has 0 saturated carbocycles. The highest BCUT2D eigenvalue weighted by Gasteiger charge is 2.17. The van der Waals surface area contributed by atoms with Gasteiger partial charge in [0.05, 0.1) is 6.54 Å². The fraction of sp³-hybridized carbons (Fsp3) is 0.636. The first kappa shape index (κ1) is 11.8. The molecule has 2 heterocycles. The lowest BCUT2D eigenvalue weighted by molar-refractivity contribution is 0.201. The largest absolute Gasteiger partial charge is 0.328 e. The van der Waals surface area contributed by atoms with Crippen LogP contribution in [-0.4, -0.2) is 34.0 Å². The first-order valence-corrected chi connectivity index (χ1v) is 5.99. The lowest BCUT2D eigenvalue weighted by Crippen LogP contribution is -2.39. The molecule has 5 heteroatoms. The van der Waals surface area contributed by atoms with Crippen molar-refractivity contribution in [3.63, 3.8) is 0 Å². The average Bonchev–Trinajstić information content (AvgIpc) is 2.20. The van der Waals surface area contributed by atoms with Gasteiger partial charge in [-0.25, -0.2) is 9.97 Å². The van der Waals surface area contributed by atoms with Crippen LogP contribution in [0.4, 0.5) is 0 Å². The van der Waals surface area contributed by atoms with E-state index in [9.17, 15) is 0 Å². The number of nitrogens with two attached hydrogens (primary N) is 1. The van der Waals surface area contributed by atoms with E-state index in [0.29, 0.717) is 11.2 Å². The summed E-state index contributed by atoms with van der Waals surface area (Å²) in [4.78, 5) is 10.9. The average molecular weight is 241 g/mol. The van der Waals surface area contributed by atoms with Crippen LogP contribution in [0.3, 0.4) is 0 Å². The van der Waals surface area contributed by atoms with Crippen LogP contribution in [0.2, 0.25) is 5.15 Å². The summed E-state index contributed by atoms with van der Waals surface area (Å²) < 4.78 is 0. The molecule has 4 nitrogen and oxygen atoms in total. The molecule has 0 unspecified atom stereocenters. The number of aromatic nitrogens is 2. The van der Waals surface area contributed by atoms with Crippen LogP contribution >= 0.6 is 11.6 Å². The highest BCUT2D eigenvalue weighted by molar-refractivity contribution is 6.29. The molecule has 0 amide bonds. The summed E-state index contributed by atoms with van der Waals surface area (Å²) in [5.41, 5.74) is 6.78. The predicted octanol–water partition coefficient (Wildman–Crippen LogP) is 1.36. The quantitative estimate of drug-likeness (QED) is 0.794. The fourth-order valence-corrected chi connectivity index (χ4v) is 2.23. The molecular formula is C11H17ClN4. The van der Waals surface area contributed by atoms with E-state index in [1.54, 1.807) is 6.07 Å². The molecule has 0 bridgehead atoms. The first-order valence-electron chi connectivity index (χ1n) is 5.61. The van der Waals surface area contributed by atoms with Crippen molar-refractivity contribution in [1.29, 1.82) is 0 Å². The summed E-state index contributed by atoms with van der Waals surface area (Å²) >= 11 is 5.90. The number of nitrogens with zero attached hydrogens (tertiary/aromatic N) is 3. The van der Waals surface area contributed by atoms with Gasteiger partial charge >= 0.3 is 0 Å². The van der Waals surface area contributed by atoms with E-state index < -0.39 is 0 Å². The summed E-state index contributed by atoms with van der Waals surface area (Å²) in [5.74, 6) is 0.806. The summed E-state index contributed by atoms with van der Waals surface area (Å²) in [6, 6.07) is 2.13. The predicted molar refractivity (Wildman–Crippen MR) is 64.3 cm³/mol. The van der Waals surface area contributed by atoms with Crippen molar-refractivity contribution in [3.8, 4) is 0 Å². The van der Waals surface area contributed by atoms with E-state index >= 15 is 0 Å². The van der Waals surface area contributed by atoms with Gasteiger partial charge in [-0.3, -0.25) is 4.90 Å². The zero-order valence-corrected chi connectivity index (χ0v) is 10.2. The van der Waals surface area contributed by atoms with Crippen molar-refractivity contribution in [2.75, 3.05) is 13.1 Å². The summed E-state index contributed by atoms with van der Waals surface area (Å²) in [6.45, 7) is 4.75. The molecular weight excluding hydrogens is 224 g/mol. The van der Waals surface area contributed by atoms with E-state index in [4.69, 9.17) is 17.3 Å². The third kappa shape index (κ3) is 3.14. The summed E-state index contributed by atoms with van der Waals surface area (Å²) in [7, 11) is 0. The Balaban J connectivity index is 1.98. The smallest absolute Gasteiger partial charge is 0.144 e. The zero-order valence-electron chi connectivity index (χ0n) is 9.49. The molecule has 2 rings (SSSR count). The number of likely N-dealkylation sites (tertiary alicyclic amines) is 1. The van der Waals surface area contributed by atoms with Gasteiger partial charge in [-0.1, -0.05) is 11.6 Å². The number of rotatable bonds is 2. The summed E-state index contributed by atoms with van der Waals surface area (Å²) in [6.07, 6.45) is 2.11. The standard InChI is InChI=1S/C11H17ClN4/c1-8-6-10(12)15-11(14-8)7-16-4-2-9(13)3-5-16/h6,9H,2-5,7,13H2,1H3. The van der Waals surface area contributed by atoms with E-state index in [1.807, 2.05) is 6.92 Å². The first-order chi connectivity index (χ1) is 7.63. The molecule has 1 aliphatic heterocycles. The number of aryl methyl sites for hydroxylation is 1. The second kappa shape index (κ2) is 5.08. The molecule has 0 spiro atoms. The van der Waals surface area contributed by atoms with Gasteiger partial charge in [0.25, 0.3) is 0 Å². The van der Waals surface area contributed by atoms with Crippen LogP contribution in [0.5, 0.6) is 0 Å². The Hall–Kier alpha value is -0.710. The third-order valence-corrected chi connectivity index (χ3v) is 3.06. The Kier molecular flexibility index (Phi) is 3.74. The second-order valence-electron chi connectivity index (χ2n) is 4.36. The molecule has 0 aliphatic carbocycles. The number of hydrogen-bond donors (Lipinski definition) is 1. The van der Waals surface area contributed by atoms with Gasteiger partial charge in [0.1, 0.15) is 11.0 Å². The Morgan fingerprint density at radius 3 is 2.75 bits per heavy atom. The minimum Gasteiger partial charge on any atom is -0.328 e. The molecule has 0 aromatic carbocycles. The fourth-order valence-electron chi connectivity index (χ4n) is 1.97. The molecule has 0 atom stereocenters. The Labute approximate surface area is 101 Å². The van der Waals surface area contributed by atoms with E-state index in [-0.39, 0.29) is 0 Å². The molecule has 0 radical (unpaired) electrons. The number of piperidine rings is 1. The van der Waals surface area contributed by atoms with E-state index in [2.05, 4.69) is 14.9 Å². The van der Waals surface area contributed by atoms with Crippen molar-refractivity contribution in [2.45, 2.75) is 32.4 Å². The highest BCUT2D eigenvalue weighted by Crippen LogP contribution is 2.12. The lowest BCUT2D eigenvalue weighted by atomic mass is 10.1. The number of halogens is 1. The molecule has 1 aromatic rings. The maximum Gasteiger partial charge on any atom is 0.144 e. The Bertz CT molecular complexity index is 341. The molecule has 1 aliphatic rings. The Morgan fingerprint density at radius 1 is 1.44 bits per heavy atom. The van der Waals surface area contributed by atoms with E-state index in [1.165, 1.54) is 0 Å². The van der Waals surface area contributed by atoms with Crippen molar-refractivity contribution < 1.29 is 0 Å². The zero-order chi connectivity index (χ0) is 11.5. The minimum atomic E-state index is 0.360. The minimum absolute atomic E-state index is 0.360. The molecule has 1 aromatic heterocycles. The number of hydrogen-bond acceptors (Lipinski definition) is 4. The SMILES string of the molecule is Cc1cc(Cl)nc(CN2CCC(N)CC2)n1.